The number of rotatable bonds is 3. The van der Waals surface area contributed by atoms with Crippen LogP contribution >= 0.6 is 7.26 Å². The van der Waals surface area contributed by atoms with Gasteiger partial charge in [0, 0.05) is 5.92 Å². The average Bonchev–Trinajstić information content (AvgIpc) is 2.72. The zero-order chi connectivity index (χ0) is 19.0. The van der Waals surface area contributed by atoms with E-state index in [2.05, 4.69) is 100 Å². The lowest BCUT2D eigenvalue weighted by atomic mass is 9.86. The molecule has 0 bridgehead atoms. The molecule has 2 atom stereocenters. The lowest BCUT2D eigenvalue weighted by Crippen LogP contribution is -2.38. The topological polar surface area (TPSA) is 0 Å². The van der Waals surface area contributed by atoms with Crippen molar-refractivity contribution >= 4 is 17.9 Å². The summed E-state index contributed by atoms with van der Waals surface area (Å²) in [4.78, 5) is 0. The third-order valence-corrected chi connectivity index (χ3v) is 11.9. The minimum Gasteiger partial charge on any atom is -0.0646 e. The normalized spacial score (nSPS) is 20.9. The van der Waals surface area contributed by atoms with Gasteiger partial charge in [0.15, 0.2) is 0 Å². The molecular formula is C26H30P+. The molecule has 1 aliphatic rings. The van der Waals surface area contributed by atoms with E-state index in [1.807, 2.05) is 0 Å². The Kier molecular flexibility index (Phi) is 4.95. The highest BCUT2D eigenvalue weighted by Gasteiger charge is 2.54. The van der Waals surface area contributed by atoms with E-state index >= 15 is 0 Å². The molecule has 2 unspecified atom stereocenters. The van der Waals surface area contributed by atoms with Crippen LogP contribution in [0.5, 0.6) is 0 Å². The van der Waals surface area contributed by atoms with Crippen molar-refractivity contribution < 1.29 is 0 Å². The summed E-state index contributed by atoms with van der Waals surface area (Å²) in [6, 6.07) is 27.5. The average molecular weight is 374 g/mol. The van der Waals surface area contributed by atoms with Gasteiger partial charge in [-0.25, -0.2) is 0 Å². The summed E-state index contributed by atoms with van der Waals surface area (Å²) >= 11 is 0. The van der Waals surface area contributed by atoms with Gasteiger partial charge < -0.3 is 0 Å². The Morgan fingerprint density at radius 1 is 0.815 bits per heavy atom. The van der Waals surface area contributed by atoms with Crippen LogP contribution in [0, 0.1) is 13.8 Å². The summed E-state index contributed by atoms with van der Waals surface area (Å²) < 4.78 is 0. The zero-order valence-corrected chi connectivity index (χ0v) is 17.8. The quantitative estimate of drug-likeness (QED) is 0.468. The van der Waals surface area contributed by atoms with E-state index in [1.165, 1.54) is 23.7 Å². The van der Waals surface area contributed by atoms with Crippen molar-refractivity contribution in [3.05, 3.63) is 95.1 Å². The second-order valence-corrected chi connectivity index (χ2v) is 11.9. The van der Waals surface area contributed by atoms with Gasteiger partial charge in [-0.2, -0.15) is 0 Å². The molecule has 0 aromatic heterocycles. The van der Waals surface area contributed by atoms with Crippen molar-refractivity contribution in [2.24, 2.45) is 0 Å². The molecule has 0 spiro atoms. The van der Waals surface area contributed by atoms with Crippen LogP contribution in [0.1, 0.15) is 48.4 Å². The number of hydrogen-bond acceptors (Lipinski definition) is 0. The van der Waals surface area contributed by atoms with Crippen molar-refractivity contribution in [2.75, 3.05) is 0 Å². The molecule has 138 valence electrons. The molecule has 0 N–H and O–H groups in total. The third-order valence-electron chi connectivity index (χ3n) is 6.86. The minimum atomic E-state index is -1.54. The first-order valence-electron chi connectivity index (χ1n) is 10.2. The van der Waals surface area contributed by atoms with Crippen LogP contribution in [0.3, 0.4) is 0 Å². The Morgan fingerprint density at radius 2 is 1.37 bits per heavy atom. The van der Waals surface area contributed by atoms with E-state index in [0.717, 1.165) is 0 Å². The summed E-state index contributed by atoms with van der Waals surface area (Å²) in [6.45, 7) is 9.50. The van der Waals surface area contributed by atoms with Crippen molar-refractivity contribution in [3.8, 4) is 0 Å². The lowest BCUT2D eigenvalue weighted by molar-refractivity contribution is 0.630. The summed E-state index contributed by atoms with van der Waals surface area (Å²) in [5.74, 6) is 0.627. The predicted octanol–water partition coefficient (Wildman–Crippen LogP) is 6.37. The maximum Gasteiger partial charge on any atom is 0.0998 e. The van der Waals surface area contributed by atoms with Gasteiger partial charge in [0.05, 0.1) is 29.7 Å². The van der Waals surface area contributed by atoms with Crippen LogP contribution in [-0.2, 0) is 6.16 Å². The molecule has 0 saturated heterocycles. The number of fused-ring (bicyclic) bond motifs is 1. The van der Waals surface area contributed by atoms with Crippen LogP contribution in [-0.4, -0.2) is 5.66 Å². The molecule has 0 nitrogen and oxygen atoms in total. The van der Waals surface area contributed by atoms with Gasteiger partial charge in [0.25, 0.3) is 0 Å². The monoisotopic (exact) mass is 373 g/mol. The second-order valence-electron chi connectivity index (χ2n) is 8.03. The van der Waals surface area contributed by atoms with Crippen LogP contribution in [0.15, 0.2) is 72.8 Å². The van der Waals surface area contributed by atoms with Crippen molar-refractivity contribution in [3.63, 3.8) is 0 Å². The number of benzene rings is 3. The van der Waals surface area contributed by atoms with Crippen LogP contribution in [0.2, 0.25) is 0 Å². The molecule has 0 aliphatic carbocycles. The van der Waals surface area contributed by atoms with E-state index in [0.29, 0.717) is 11.6 Å². The Balaban J connectivity index is 2.03. The van der Waals surface area contributed by atoms with Gasteiger partial charge in [-0.3, -0.25) is 0 Å². The van der Waals surface area contributed by atoms with Crippen LogP contribution < -0.4 is 10.6 Å². The van der Waals surface area contributed by atoms with E-state index in [4.69, 9.17) is 0 Å². The molecule has 1 heterocycles. The van der Waals surface area contributed by atoms with E-state index < -0.39 is 7.26 Å². The first-order valence-corrected chi connectivity index (χ1v) is 12.2. The smallest absolute Gasteiger partial charge is 0.0646 e. The van der Waals surface area contributed by atoms with Gasteiger partial charge in [0.2, 0.25) is 0 Å². The largest absolute Gasteiger partial charge is 0.0998 e. The van der Waals surface area contributed by atoms with Crippen LogP contribution in [0.25, 0.3) is 0 Å². The lowest BCUT2D eigenvalue weighted by Gasteiger charge is -2.42. The summed E-state index contributed by atoms with van der Waals surface area (Å²) in [5.41, 5.74) is 6.82. The maximum atomic E-state index is 2.53. The van der Waals surface area contributed by atoms with Crippen LogP contribution in [0.4, 0.5) is 0 Å². The van der Waals surface area contributed by atoms with Gasteiger partial charge in [-0.1, -0.05) is 55.5 Å². The van der Waals surface area contributed by atoms with E-state index in [9.17, 15) is 0 Å². The second kappa shape index (κ2) is 7.25. The van der Waals surface area contributed by atoms with E-state index in [-0.39, 0.29) is 0 Å². The molecule has 1 aliphatic heterocycles. The summed E-state index contributed by atoms with van der Waals surface area (Å²) in [6.07, 6.45) is 2.40. The predicted molar refractivity (Wildman–Crippen MR) is 121 cm³/mol. The van der Waals surface area contributed by atoms with Crippen molar-refractivity contribution in [1.29, 1.82) is 0 Å². The van der Waals surface area contributed by atoms with Gasteiger partial charge in [-0.15, -0.1) is 0 Å². The molecule has 0 amide bonds. The molecule has 4 rings (SSSR count). The van der Waals surface area contributed by atoms with Gasteiger partial charge in [-0.05, 0) is 73.7 Å². The highest BCUT2D eigenvalue weighted by atomic mass is 31.2. The molecule has 0 saturated carbocycles. The number of hydrogen-bond donors (Lipinski definition) is 0. The molecule has 27 heavy (non-hydrogen) atoms. The highest BCUT2D eigenvalue weighted by molar-refractivity contribution is 7.89. The Hall–Kier alpha value is -1.91. The highest BCUT2D eigenvalue weighted by Crippen LogP contribution is 2.70. The van der Waals surface area contributed by atoms with Gasteiger partial charge >= 0.3 is 0 Å². The maximum absolute atomic E-state index is 2.53. The molecular weight excluding hydrogens is 343 g/mol. The third kappa shape index (κ3) is 2.86. The SMILES string of the molecule is CCC1c2ccc(C)c(C)c2C[P+](c2ccccc2)(c2ccccc2)C1C. The Labute approximate surface area is 165 Å². The Bertz CT molecular complexity index is 888. The van der Waals surface area contributed by atoms with Crippen molar-refractivity contribution in [1.82, 2.24) is 0 Å². The first kappa shape index (κ1) is 18.5. The summed E-state index contributed by atoms with van der Waals surface area (Å²) in [5, 5.41) is 3.13. The molecule has 1 heteroatoms. The first-order chi connectivity index (χ1) is 13.1. The van der Waals surface area contributed by atoms with Crippen molar-refractivity contribution in [2.45, 2.75) is 51.9 Å². The molecule has 3 aromatic carbocycles. The van der Waals surface area contributed by atoms with Gasteiger partial charge in [0.1, 0.15) is 0 Å². The Morgan fingerprint density at radius 3 is 1.89 bits per heavy atom. The molecule has 0 fully saturated rings. The minimum absolute atomic E-state index is 0.627. The fraction of sp³-hybridized carbons (Fsp3) is 0.308. The standard InChI is InChI=1S/C26H30P/c1-5-24-21(4)27(22-12-8-6-9-13-22,23-14-10-7-11-15-23)18-26-20(3)19(2)16-17-25(24)26/h6-17,21,24H,5,18H2,1-4H3/q+1. The zero-order valence-electron chi connectivity index (χ0n) is 16.9. The number of aryl methyl sites for hydroxylation is 1. The molecule has 3 aromatic rings. The molecule has 0 radical (unpaired) electrons. The fourth-order valence-corrected chi connectivity index (χ4v) is 10.4. The van der Waals surface area contributed by atoms with E-state index in [1.54, 1.807) is 21.7 Å². The summed E-state index contributed by atoms with van der Waals surface area (Å²) in [7, 11) is -1.54. The fourth-order valence-electron chi connectivity index (χ4n) is 5.16.